The number of hydrogen-bond acceptors (Lipinski definition) is 5. The number of hydrogen-bond donors (Lipinski definition) is 1. The van der Waals surface area contributed by atoms with Crippen molar-refractivity contribution in [1.29, 1.82) is 0 Å². The molecule has 2 aromatic rings. The topological polar surface area (TPSA) is 85.1 Å². The number of nitrogens with zero attached hydrogens (tertiary/aromatic N) is 3. The van der Waals surface area contributed by atoms with Crippen LogP contribution in [0.4, 0.5) is 23.2 Å². The fraction of sp³-hybridized carbons (Fsp3) is 0.474. The number of alkyl halides is 3. The second-order valence-corrected chi connectivity index (χ2v) is 8.35. The van der Waals surface area contributed by atoms with Crippen molar-refractivity contribution in [1.82, 2.24) is 19.9 Å². The van der Waals surface area contributed by atoms with Crippen LogP contribution in [0.25, 0.3) is 11.4 Å². The molecular formula is C19H21F4N4O3+. The second kappa shape index (κ2) is 7.15. The van der Waals surface area contributed by atoms with E-state index in [2.05, 4.69) is 20.0 Å². The summed E-state index contributed by atoms with van der Waals surface area (Å²) in [5, 5.41) is 6.01. The molecule has 0 spiro atoms. The Bertz CT molecular complexity index is 996. The normalized spacial score (nSPS) is 22.4. The van der Waals surface area contributed by atoms with Gasteiger partial charge in [-0.05, 0) is 26.8 Å². The predicted octanol–water partition coefficient (Wildman–Crippen LogP) is 3.44. The van der Waals surface area contributed by atoms with Gasteiger partial charge < -0.3 is 9.84 Å². The highest BCUT2D eigenvalue weighted by molar-refractivity contribution is 5.99. The standard InChI is InChI=1S/C19H20F4N4O3/c1-18(2,3)25-16(29)13-7-8-14(28)27(13,4)10-5-6-11(12(20)9-10)15-24-17(30-26-15)19(21,22)23/h5-6,9,13H,7-8H2,1-4H3/p+1/t13-,27?/m0/s1. The summed E-state index contributed by atoms with van der Waals surface area (Å²) in [5.41, 5.74) is -0.628. The molecule has 1 aliphatic heterocycles. The molecule has 0 aliphatic carbocycles. The van der Waals surface area contributed by atoms with Crippen molar-refractivity contribution in [2.24, 2.45) is 0 Å². The minimum Gasteiger partial charge on any atom is -0.346 e. The first-order chi connectivity index (χ1) is 13.7. The van der Waals surface area contributed by atoms with Crippen molar-refractivity contribution >= 4 is 17.5 Å². The summed E-state index contributed by atoms with van der Waals surface area (Å²) < 4.78 is 56.4. The third-order valence-electron chi connectivity index (χ3n) is 4.97. The maximum atomic E-state index is 14.8. The molecule has 0 saturated carbocycles. The van der Waals surface area contributed by atoms with Crippen LogP contribution in [-0.2, 0) is 15.8 Å². The van der Waals surface area contributed by atoms with Gasteiger partial charge in [-0.25, -0.2) is 13.7 Å². The zero-order valence-corrected chi connectivity index (χ0v) is 16.8. The highest BCUT2D eigenvalue weighted by Gasteiger charge is 2.52. The minimum absolute atomic E-state index is 0.141. The molecule has 30 heavy (non-hydrogen) atoms. The molecule has 1 aromatic heterocycles. The van der Waals surface area contributed by atoms with Crippen LogP contribution in [0.15, 0.2) is 22.7 Å². The number of benzene rings is 1. The van der Waals surface area contributed by atoms with E-state index in [9.17, 15) is 27.2 Å². The molecule has 3 rings (SSSR count). The SMILES string of the molecule is CC(C)(C)NC(=O)[C@@H]1CCC(=O)[N+]1(C)c1ccc(-c2noc(C(F)(F)F)n2)c(F)c1. The largest absolute Gasteiger partial charge is 0.471 e. The van der Waals surface area contributed by atoms with Crippen LogP contribution >= 0.6 is 0 Å². The van der Waals surface area contributed by atoms with E-state index in [0.717, 1.165) is 6.07 Å². The number of quaternary nitrogens is 1. The average molecular weight is 429 g/mol. The van der Waals surface area contributed by atoms with E-state index < -0.39 is 39.8 Å². The van der Waals surface area contributed by atoms with Crippen molar-refractivity contribution in [3.05, 3.63) is 29.9 Å². The molecule has 1 aliphatic rings. The molecule has 1 aromatic carbocycles. The van der Waals surface area contributed by atoms with Gasteiger partial charge in [-0.3, -0.25) is 4.79 Å². The average Bonchev–Trinajstić information content (AvgIpc) is 3.20. The number of likely N-dealkylation sites (tertiary alicyclic amines) is 1. The third-order valence-corrected chi connectivity index (χ3v) is 4.97. The van der Waals surface area contributed by atoms with E-state index in [1.807, 2.05) is 0 Å². The molecule has 2 atom stereocenters. The summed E-state index contributed by atoms with van der Waals surface area (Å²) in [7, 11) is 1.52. The lowest BCUT2D eigenvalue weighted by Gasteiger charge is -2.34. The summed E-state index contributed by atoms with van der Waals surface area (Å²) in [6, 6.07) is 2.80. The first-order valence-corrected chi connectivity index (χ1v) is 9.16. The molecule has 1 N–H and O–H groups in total. The first-order valence-electron chi connectivity index (χ1n) is 9.16. The number of carbonyl (C=O) groups is 2. The Labute approximate surface area is 169 Å². The van der Waals surface area contributed by atoms with Crippen LogP contribution < -0.4 is 9.80 Å². The number of aromatic nitrogens is 2. The summed E-state index contributed by atoms with van der Waals surface area (Å²) in [6.45, 7) is 5.42. The number of amides is 2. The fourth-order valence-electron chi connectivity index (χ4n) is 3.49. The molecule has 11 heteroatoms. The lowest BCUT2D eigenvalue weighted by atomic mass is 10.1. The second-order valence-electron chi connectivity index (χ2n) is 8.35. The number of likely N-dealkylation sites (N-methyl/N-ethyl adjacent to an activating group) is 1. The Hall–Kier alpha value is -2.82. The fourth-order valence-corrected chi connectivity index (χ4v) is 3.49. The van der Waals surface area contributed by atoms with E-state index in [-0.39, 0.29) is 29.5 Å². The molecule has 1 unspecified atom stereocenters. The predicted molar refractivity (Wildman–Crippen MR) is 98.3 cm³/mol. The highest BCUT2D eigenvalue weighted by atomic mass is 19.4. The smallest absolute Gasteiger partial charge is 0.346 e. The van der Waals surface area contributed by atoms with Gasteiger partial charge in [0, 0.05) is 24.1 Å². The summed E-state index contributed by atoms with van der Waals surface area (Å²) in [5.74, 6) is -3.70. The zero-order chi connectivity index (χ0) is 22.5. The molecule has 0 bridgehead atoms. The van der Waals surface area contributed by atoms with Crippen molar-refractivity contribution in [3.8, 4) is 11.4 Å². The Morgan fingerprint density at radius 2 is 1.93 bits per heavy atom. The third kappa shape index (κ3) is 3.93. The molecule has 1 fully saturated rings. The van der Waals surface area contributed by atoms with Crippen molar-refractivity contribution in [2.45, 2.75) is 51.4 Å². The van der Waals surface area contributed by atoms with Gasteiger partial charge in [-0.2, -0.15) is 18.2 Å². The van der Waals surface area contributed by atoms with Gasteiger partial charge >= 0.3 is 18.0 Å². The van der Waals surface area contributed by atoms with Gasteiger partial charge in [-0.15, -0.1) is 0 Å². The summed E-state index contributed by atoms with van der Waals surface area (Å²) in [4.78, 5) is 28.6. The van der Waals surface area contributed by atoms with Crippen LogP contribution in [0, 0.1) is 5.82 Å². The molecule has 1 saturated heterocycles. The minimum atomic E-state index is -4.85. The molecule has 2 heterocycles. The Balaban J connectivity index is 1.97. The van der Waals surface area contributed by atoms with E-state index in [0.29, 0.717) is 6.42 Å². The maximum absolute atomic E-state index is 14.8. The van der Waals surface area contributed by atoms with Gasteiger partial charge in [0.05, 0.1) is 19.0 Å². The Morgan fingerprint density at radius 1 is 1.27 bits per heavy atom. The first kappa shape index (κ1) is 21.9. The lowest BCUT2D eigenvalue weighted by Crippen LogP contribution is -2.60. The van der Waals surface area contributed by atoms with Gasteiger partial charge in [0.25, 0.3) is 5.91 Å². The van der Waals surface area contributed by atoms with Crippen LogP contribution in [-0.4, -0.2) is 40.6 Å². The number of halogens is 4. The van der Waals surface area contributed by atoms with Crippen LogP contribution in [0.1, 0.15) is 39.5 Å². The molecule has 2 amide bonds. The van der Waals surface area contributed by atoms with Crippen LogP contribution in [0.3, 0.4) is 0 Å². The van der Waals surface area contributed by atoms with Crippen LogP contribution in [0.2, 0.25) is 0 Å². The zero-order valence-electron chi connectivity index (χ0n) is 16.8. The van der Waals surface area contributed by atoms with Gasteiger partial charge in [0.2, 0.25) is 5.82 Å². The Morgan fingerprint density at radius 3 is 2.47 bits per heavy atom. The quantitative estimate of drug-likeness (QED) is 0.597. The summed E-state index contributed by atoms with van der Waals surface area (Å²) in [6.07, 6.45) is -4.42. The number of rotatable bonds is 3. The number of nitrogens with one attached hydrogen (secondary N) is 1. The summed E-state index contributed by atoms with van der Waals surface area (Å²) >= 11 is 0. The van der Waals surface area contributed by atoms with Gasteiger partial charge in [-0.1, -0.05) is 5.16 Å². The van der Waals surface area contributed by atoms with Crippen molar-refractivity contribution < 1.29 is 31.7 Å². The molecular weight excluding hydrogens is 408 g/mol. The van der Waals surface area contributed by atoms with Crippen LogP contribution in [0.5, 0.6) is 0 Å². The Kier molecular flexibility index (Phi) is 5.21. The van der Waals surface area contributed by atoms with E-state index in [1.54, 1.807) is 20.8 Å². The lowest BCUT2D eigenvalue weighted by molar-refractivity contribution is -0.159. The van der Waals surface area contributed by atoms with E-state index in [1.165, 1.54) is 19.2 Å². The maximum Gasteiger partial charge on any atom is 0.471 e. The van der Waals surface area contributed by atoms with E-state index >= 15 is 0 Å². The highest BCUT2D eigenvalue weighted by Crippen LogP contribution is 2.37. The molecule has 0 radical (unpaired) electrons. The van der Waals surface area contributed by atoms with Gasteiger partial charge in [0.1, 0.15) is 11.5 Å². The number of carbonyl (C=O) groups excluding carboxylic acids is 2. The van der Waals surface area contributed by atoms with Crippen molar-refractivity contribution in [3.63, 3.8) is 0 Å². The molecule has 7 nitrogen and oxygen atoms in total. The van der Waals surface area contributed by atoms with Crippen molar-refractivity contribution in [2.75, 3.05) is 7.05 Å². The van der Waals surface area contributed by atoms with Gasteiger partial charge in [0.15, 0.2) is 6.04 Å². The molecule has 162 valence electrons. The van der Waals surface area contributed by atoms with E-state index in [4.69, 9.17) is 0 Å². The monoisotopic (exact) mass is 429 g/mol.